The van der Waals surface area contributed by atoms with E-state index in [4.69, 9.17) is 4.52 Å². The molecule has 0 bridgehead atoms. The highest BCUT2D eigenvalue weighted by Gasteiger charge is 2.19. The number of amides is 1. The summed E-state index contributed by atoms with van der Waals surface area (Å²) in [7, 11) is 0. The lowest BCUT2D eigenvalue weighted by Gasteiger charge is -2.16. The van der Waals surface area contributed by atoms with Crippen molar-refractivity contribution >= 4 is 11.8 Å². The van der Waals surface area contributed by atoms with Gasteiger partial charge in [0.2, 0.25) is 11.8 Å². The predicted molar refractivity (Wildman–Crippen MR) is 71.6 cm³/mol. The maximum atomic E-state index is 11.8. The molecule has 0 aromatic carbocycles. The number of carbonyl (C=O) groups is 1. The maximum Gasteiger partial charge on any atom is 0.240 e. The molecule has 0 saturated heterocycles. The van der Waals surface area contributed by atoms with Gasteiger partial charge < -0.3 is 4.52 Å². The largest absolute Gasteiger partial charge is 0.338 e. The van der Waals surface area contributed by atoms with Crippen molar-refractivity contribution in [3.05, 3.63) is 11.8 Å². The second-order valence-electron chi connectivity index (χ2n) is 5.34. The van der Waals surface area contributed by atoms with Crippen LogP contribution in [0.15, 0.2) is 10.6 Å². The van der Waals surface area contributed by atoms with Crippen molar-refractivity contribution in [1.82, 2.24) is 10.1 Å². The zero-order valence-corrected chi connectivity index (χ0v) is 11.9. The molecule has 1 amide bonds. The Bertz CT molecular complexity index is 389. The molecule has 5 nitrogen and oxygen atoms in total. The average Bonchev–Trinajstić information content (AvgIpc) is 2.74. The van der Waals surface area contributed by atoms with Crippen molar-refractivity contribution in [2.24, 2.45) is 0 Å². The molecule has 18 heavy (non-hydrogen) atoms. The zero-order chi connectivity index (χ0) is 13.8. The molecule has 0 aliphatic heterocycles. The lowest BCUT2D eigenvalue weighted by atomic mass is 9.92. The van der Waals surface area contributed by atoms with Crippen LogP contribution in [0, 0.1) is 0 Å². The number of aromatic nitrogens is 1. The number of likely N-dealkylation sites (N-methyl/N-ethyl adjacent to an activating group) is 1. The van der Waals surface area contributed by atoms with E-state index in [1.165, 1.54) is 0 Å². The van der Waals surface area contributed by atoms with Crippen LogP contribution in [0.25, 0.3) is 0 Å². The summed E-state index contributed by atoms with van der Waals surface area (Å²) in [5.74, 6) is 0.340. The van der Waals surface area contributed by atoms with Crippen LogP contribution < -0.4 is 5.32 Å². The van der Waals surface area contributed by atoms with E-state index >= 15 is 0 Å². The molecule has 1 N–H and O–H groups in total. The Balaban J connectivity index is 2.57. The Morgan fingerprint density at radius 2 is 2.00 bits per heavy atom. The number of hydrogen-bond donors (Lipinski definition) is 1. The number of nitrogens with one attached hydrogen (secondary N) is 1. The van der Waals surface area contributed by atoms with Gasteiger partial charge in [0.1, 0.15) is 0 Å². The van der Waals surface area contributed by atoms with Crippen molar-refractivity contribution < 1.29 is 9.32 Å². The second-order valence-corrected chi connectivity index (χ2v) is 5.34. The van der Waals surface area contributed by atoms with Gasteiger partial charge in [-0.3, -0.25) is 15.0 Å². The highest BCUT2D eigenvalue weighted by molar-refractivity contribution is 5.90. The summed E-state index contributed by atoms with van der Waals surface area (Å²) in [5.41, 5.74) is 0.756. The first-order valence-electron chi connectivity index (χ1n) is 6.36. The van der Waals surface area contributed by atoms with Crippen molar-refractivity contribution in [1.29, 1.82) is 0 Å². The highest BCUT2D eigenvalue weighted by Crippen LogP contribution is 2.23. The number of carbonyl (C=O) groups excluding carboxylic acids is 1. The summed E-state index contributed by atoms with van der Waals surface area (Å²) >= 11 is 0. The molecule has 0 atom stereocenters. The van der Waals surface area contributed by atoms with Crippen molar-refractivity contribution in [3.8, 4) is 0 Å². The Hall–Kier alpha value is -1.36. The van der Waals surface area contributed by atoms with Gasteiger partial charge in [-0.2, -0.15) is 0 Å². The minimum Gasteiger partial charge on any atom is -0.338 e. The van der Waals surface area contributed by atoms with Gasteiger partial charge in [-0.05, 0) is 13.1 Å². The van der Waals surface area contributed by atoms with Gasteiger partial charge in [0, 0.05) is 11.5 Å². The first kappa shape index (κ1) is 14.7. The number of nitrogens with zero attached hydrogens (tertiary/aromatic N) is 2. The van der Waals surface area contributed by atoms with E-state index in [2.05, 4.69) is 10.5 Å². The summed E-state index contributed by atoms with van der Waals surface area (Å²) in [6, 6.07) is 1.78. The normalized spacial score (nSPS) is 11.9. The molecule has 0 radical (unpaired) electrons. The average molecular weight is 253 g/mol. The first-order valence-corrected chi connectivity index (χ1v) is 6.36. The Kier molecular flexibility index (Phi) is 4.90. The standard InChI is InChI=1S/C13H23N3O2/c1-6-16(7-2)9-11(17)14-12-8-10(15-18-12)13(3,4)5/h8H,6-7,9H2,1-5H3,(H,14,17). The predicted octanol–water partition coefficient (Wildman–Crippen LogP) is 2.25. The SMILES string of the molecule is CCN(CC)CC(=O)Nc1cc(C(C)(C)C)no1. The van der Waals surface area contributed by atoms with Gasteiger partial charge in [-0.1, -0.05) is 39.8 Å². The van der Waals surface area contributed by atoms with E-state index in [-0.39, 0.29) is 11.3 Å². The summed E-state index contributed by atoms with van der Waals surface area (Å²) < 4.78 is 5.11. The van der Waals surface area contributed by atoms with Gasteiger partial charge >= 0.3 is 0 Å². The number of hydrogen-bond acceptors (Lipinski definition) is 4. The zero-order valence-electron chi connectivity index (χ0n) is 11.9. The molecule has 102 valence electrons. The van der Waals surface area contributed by atoms with Crippen molar-refractivity contribution in [2.45, 2.75) is 40.0 Å². The molecule has 0 fully saturated rings. The van der Waals surface area contributed by atoms with E-state index in [9.17, 15) is 4.79 Å². The lowest BCUT2D eigenvalue weighted by Crippen LogP contribution is -2.32. The fourth-order valence-corrected chi connectivity index (χ4v) is 1.51. The molecule has 1 aromatic heterocycles. The molecule has 1 rings (SSSR count). The van der Waals surface area contributed by atoms with Crippen LogP contribution in [0.1, 0.15) is 40.3 Å². The smallest absolute Gasteiger partial charge is 0.240 e. The van der Waals surface area contributed by atoms with Crippen LogP contribution in [0.5, 0.6) is 0 Å². The van der Waals surface area contributed by atoms with Crippen LogP contribution in [0.3, 0.4) is 0 Å². The third-order valence-electron chi connectivity index (χ3n) is 2.80. The Morgan fingerprint density at radius 3 is 2.44 bits per heavy atom. The Labute approximate surface area is 109 Å². The van der Waals surface area contributed by atoms with Gasteiger partial charge in [-0.25, -0.2) is 0 Å². The first-order chi connectivity index (χ1) is 8.36. The summed E-state index contributed by atoms with van der Waals surface area (Å²) in [6.07, 6.45) is 0. The Morgan fingerprint density at radius 1 is 1.39 bits per heavy atom. The molecule has 0 saturated carbocycles. The minimum absolute atomic E-state index is 0.0738. The van der Waals surface area contributed by atoms with E-state index in [0.717, 1.165) is 18.8 Å². The summed E-state index contributed by atoms with van der Waals surface area (Å²) in [6.45, 7) is 12.3. The van der Waals surface area contributed by atoms with Gasteiger partial charge in [-0.15, -0.1) is 0 Å². The maximum absolute atomic E-state index is 11.8. The van der Waals surface area contributed by atoms with Gasteiger partial charge in [0.05, 0.1) is 12.2 Å². The third kappa shape index (κ3) is 4.14. The second kappa shape index (κ2) is 6.00. The molecule has 1 aromatic rings. The number of anilines is 1. The molecule has 0 spiro atoms. The quantitative estimate of drug-likeness (QED) is 0.874. The van der Waals surface area contributed by atoms with E-state index in [1.54, 1.807) is 6.07 Å². The van der Waals surface area contributed by atoms with Gasteiger partial charge in [0.25, 0.3) is 0 Å². The fraction of sp³-hybridized carbons (Fsp3) is 0.692. The van der Waals surface area contributed by atoms with Crippen LogP contribution in [-0.2, 0) is 10.2 Å². The summed E-state index contributed by atoms with van der Waals surface area (Å²) in [4.78, 5) is 13.8. The molecule has 5 heteroatoms. The topological polar surface area (TPSA) is 58.4 Å². The molecular weight excluding hydrogens is 230 g/mol. The minimum atomic E-state index is -0.0780. The van der Waals surface area contributed by atoms with Crippen LogP contribution in [0.2, 0.25) is 0 Å². The molecular formula is C13H23N3O2. The van der Waals surface area contributed by atoms with Crippen LogP contribution in [0.4, 0.5) is 5.88 Å². The summed E-state index contributed by atoms with van der Waals surface area (Å²) in [5, 5.41) is 6.68. The molecule has 0 unspecified atom stereocenters. The van der Waals surface area contributed by atoms with E-state index in [1.807, 2.05) is 39.5 Å². The monoisotopic (exact) mass is 253 g/mol. The van der Waals surface area contributed by atoms with Crippen molar-refractivity contribution in [2.75, 3.05) is 25.0 Å². The van der Waals surface area contributed by atoms with E-state index in [0.29, 0.717) is 12.4 Å². The van der Waals surface area contributed by atoms with Crippen LogP contribution in [-0.4, -0.2) is 35.6 Å². The van der Waals surface area contributed by atoms with Crippen LogP contribution >= 0.6 is 0 Å². The molecule has 0 aliphatic carbocycles. The lowest BCUT2D eigenvalue weighted by molar-refractivity contribution is -0.117. The molecule has 1 heterocycles. The third-order valence-corrected chi connectivity index (χ3v) is 2.80. The highest BCUT2D eigenvalue weighted by atomic mass is 16.5. The molecule has 0 aliphatic rings. The fourth-order valence-electron chi connectivity index (χ4n) is 1.51. The van der Waals surface area contributed by atoms with Gasteiger partial charge in [0.15, 0.2) is 0 Å². The van der Waals surface area contributed by atoms with E-state index < -0.39 is 0 Å². The number of rotatable bonds is 5. The van der Waals surface area contributed by atoms with Crippen molar-refractivity contribution in [3.63, 3.8) is 0 Å².